The van der Waals surface area contributed by atoms with E-state index in [0.29, 0.717) is 0 Å². The third kappa shape index (κ3) is 2.50. The predicted octanol–water partition coefficient (Wildman–Crippen LogP) is 4.71. The molecule has 90 valence electrons. The Labute approximate surface area is 104 Å². The zero-order valence-electron chi connectivity index (χ0n) is 11.2. The van der Waals surface area contributed by atoms with Crippen molar-refractivity contribution in [2.24, 2.45) is 7.05 Å². The van der Waals surface area contributed by atoms with Crippen molar-refractivity contribution in [1.29, 1.82) is 0 Å². The van der Waals surface area contributed by atoms with Gasteiger partial charge in [-0.2, -0.15) is 0 Å². The summed E-state index contributed by atoms with van der Waals surface area (Å²) in [7, 11) is 2.10. The molecule has 0 N–H and O–H groups in total. The third-order valence-electron chi connectivity index (χ3n) is 2.85. The minimum absolute atomic E-state index is 1.28. The summed E-state index contributed by atoms with van der Waals surface area (Å²) in [4.78, 5) is 0. The van der Waals surface area contributed by atoms with Crippen LogP contribution in [0, 0.1) is 6.92 Å². The Morgan fingerprint density at radius 2 is 1.82 bits per heavy atom. The summed E-state index contributed by atoms with van der Waals surface area (Å²) in [5.41, 5.74) is 3.85. The summed E-state index contributed by atoms with van der Waals surface area (Å²) >= 11 is 0. The van der Waals surface area contributed by atoms with Crippen LogP contribution in [0.15, 0.2) is 43.0 Å². The number of fused-ring (bicyclic) bond motifs is 1. The predicted molar refractivity (Wildman–Crippen MR) is 78.2 cm³/mol. The van der Waals surface area contributed by atoms with Crippen molar-refractivity contribution in [2.75, 3.05) is 0 Å². The second-order valence-electron chi connectivity index (χ2n) is 3.67. The standard InChI is InChI=1S/C14H15N.C2H6/c1-4-5-8-12-11(2)15(3)14-10-7-6-9-13(12)14;1-2/h4-10H,1H2,2-3H3;1-2H3. The molecule has 1 aromatic heterocycles. The van der Waals surface area contributed by atoms with Gasteiger partial charge in [-0.05, 0) is 13.0 Å². The number of benzene rings is 1. The molecule has 0 aliphatic carbocycles. The molecule has 1 heteroatoms. The summed E-state index contributed by atoms with van der Waals surface area (Å²) < 4.78 is 2.22. The van der Waals surface area contributed by atoms with Gasteiger partial charge in [0.15, 0.2) is 0 Å². The lowest BCUT2D eigenvalue weighted by molar-refractivity contribution is 0.916. The third-order valence-corrected chi connectivity index (χ3v) is 2.85. The van der Waals surface area contributed by atoms with Crippen LogP contribution in [-0.2, 0) is 7.05 Å². The van der Waals surface area contributed by atoms with Gasteiger partial charge in [0.1, 0.15) is 0 Å². The number of aryl methyl sites for hydroxylation is 1. The SMILES string of the molecule is C=CC=Cc1c(C)n(C)c2ccccc12.CC. The van der Waals surface area contributed by atoms with Crippen LogP contribution < -0.4 is 0 Å². The Morgan fingerprint density at radius 1 is 1.18 bits per heavy atom. The lowest BCUT2D eigenvalue weighted by Crippen LogP contribution is -1.89. The van der Waals surface area contributed by atoms with Crippen molar-refractivity contribution >= 4 is 17.0 Å². The maximum atomic E-state index is 3.70. The van der Waals surface area contributed by atoms with E-state index in [9.17, 15) is 0 Å². The molecule has 0 fully saturated rings. The molecule has 1 aromatic carbocycles. The molecule has 0 spiro atoms. The first-order chi connectivity index (χ1) is 8.25. The van der Waals surface area contributed by atoms with Gasteiger partial charge in [-0.1, -0.05) is 56.9 Å². The molecule has 0 atom stereocenters. The molecule has 0 amide bonds. The Balaban J connectivity index is 0.000000686. The zero-order valence-corrected chi connectivity index (χ0v) is 11.2. The number of hydrogen-bond donors (Lipinski definition) is 0. The molecule has 0 unspecified atom stereocenters. The van der Waals surface area contributed by atoms with Gasteiger partial charge < -0.3 is 4.57 Å². The van der Waals surface area contributed by atoms with Crippen molar-refractivity contribution in [3.63, 3.8) is 0 Å². The van der Waals surface area contributed by atoms with Crippen molar-refractivity contribution in [3.8, 4) is 0 Å². The van der Waals surface area contributed by atoms with E-state index in [1.807, 2.05) is 19.9 Å². The molecule has 0 radical (unpaired) electrons. The van der Waals surface area contributed by atoms with E-state index in [4.69, 9.17) is 0 Å². The minimum atomic E-state index is 1.28. The van der Waals surface area contributed by atoms with Gasteiger partial charge in [-0.3, -0.25) is 0 Å². The second-order valence-corrected chi connectivity index (χ2v) is 3.67. The van der Waals surface area contributed by atoms with Crippen LogP contribution in [-0.4, -0.2) is 4.57 Å². The minimum Gasteiger partial charge on any atom is -0.347 e. The molecule has 2 aromatic rings. The van der Waals surface area contributed by atoms with Crippen LogP contribution in [0.5, 0.6) is 0 Å². The zero-order chi connectivity index (χ0) is 12.8. The first kappa shape index (κ1) is 13.3. The van der Waals surface area contributed by atoms with Gasteiger partial charge in [0.05, 0.1) is 0 Å². The Kier molecular flexibility index (Phi) is 4.77. The Morgan fingerprint density at radius 3 is 2.47 bits per heavy atom. The highest BCUT2D eigenvalue weighted by Crippen LogP contribution is 2.25. The van der Waals surface area contributed by atoms with E-state index < -0.39 is 0 Å². The van der Waals surface area contributed by atoms with E-state index in [1.165, 1.54) is 22.2 Å². The number of para-hydroxylation sites is 1. The Hall–Kier alpha value is -1.76. The molecular weight excluding hydrogens is 206 g/mol. The Bertz CT molecular complexity index is 530. The van der Waals surface area contributed by atoms with Crippen LogP contribution in [0.4, 0.5) is 0 Å². The summed E-state index contributed by atoms with van der Waals surface area (Å²) in [5, 5.41) is 1.30. The van der Waals surface area contributed by atoms with E-state index in [-0.39, 0.29) is 0 Å². The van der Waals surface area contributed by atoms with E-state index in [0.717, 1.165) is 0 Å². The van der Waals surface area contributed by atoms with Crippen LogP contribution in [0.1, 0.15) is 25.1 Å². The van der Waals surface area contributed by atoms with Crippen molar-refractivity contribution < 1.29 is 0 Å². The van der Waals surface area contributed by atoms with E-state index in [2.05, 4.69) is 55.5 Å². The molecule has 0 saturated heterocycles. The van der Waals surface area contributed by atoms with Gasteiger partial charge in [0.25, 0.3) is 0 Å². The first-order valence-corrected chi connectivity index (χ1v) is 6.09. The van der Waals surface area contributed by atoms with Crippen molar-refractivity contribution in [3.05, 3.63) is 54.3 Å². The van der Waals surface area contributed by atoms with Gasteiger partial charge in [0, 0.05) is 29.2 Å². The summed E-state index contributed by atoms with van der Waals surface area (Å²) in [6.45, 7) is 9.84. The number of nitrogens with zero attached hydrogens (tertiary/aromatic N) is 1. The quantitative estimate of drug-likeness (QED) is 0.655. The largest absolute Gasteiger partial charge is 0.347 e. The van der Waals surface area contributed by atoms with Crippen LogP contribution in [0.25, 0.3) is 17.0 Å². The number of aromatic nitrogens is 1. The average molecular weight is 227 g/mol. The van der Waals surface area contributed by atoms with Crippen LogP contribution in [0.2, 0.25) is 0 Å². The van der Waals surface area contributed by atoms with Gasteiger partial charge in [-0.15, -0.1) is 0 Å². The topological polar surface area (TPSA) is 4.93 Å². The van der Waals surface area contributed by atoms with Crippen LogP contribution >= 0.6 is 0 Å². The summed E-state index contributed by atoms with van der Waals surface area (Å²) in [5.74, 6) is 0. The first-order valence-electron chi connectivity index (χ1n) is 6.09. The van der Waals surface area contributed by atoms with E-state index >= 15 is 0 Å². The fourth-order valence-electron chi connectivity index (χ4n) is 1.92. The smallest absolute Gasteiger partial charge is 0.0486 e. The lowest BCUT2D eigenvalue weighted by atomic mass is 10.1. The number of hydrogen-bond acceptors (Lipinski definition) is 0. The molecule has 0 aliphatic rings. The molecule has 0 bridgehead atoms. The van der Waals surface area contributed by atoms with E-state index in [1.54, 1.807) is 6.08 Å². The lowest BCUT2D eigenvalue weighted by Gasteiger charge is -1.97. The number of rotatable bonds is 2. The molecule has 0 aliphatic heterocycles. The van der Waals surface area contributed by atoms with Crippen molar-refractivity contribution in [2.45, 2.75) is 20.8 Å². The molecule has 1 heterocycles. The molecule has 1 nitrogen and oxygen atoms in total. The summed E-state index contributed by atoms with van der Waals surface area (Å²) in [6, 6.07) is 8.45. The fourth-order valence-corrected chi connectivity index (χ4v) is 1.92. The van der Waals surface area contributed by atoms with Gasteiger partial charge >= 0.3 is 0 Å². The van der Waals surface area contributed by atoms with Crippen molar-refractivity contribution in [1.82, 2.24) is 4.57 Å². The molecule has 2 rings (SSSR count). The molecule has 0 saturated carbocycles. The average Bonchev–Trinajstić information content (AvgIpc) is 2.63. The summed E-state index contributed by atoms with van der Waals surface area (Å²) in [6.07, 6.45) is 5.90. The van der Waals surface area contributed by atoms with Gasteiger partial charge in [0.2, 0.25) is 0 Å². The van der Waals surface area contributed by atoms with Gasteiger partial charge in [-0.25, -0.2) is 0 Å². The second kappa shape index (κ2) is 6.09. The maximum absolute atomic E-state index is 3.70. The fraction of sp³-hybridized carbons (Fsp3) is 0.250. The highest BCUT2D eigenvalue weighted by Gasteiger charge is 2.07. The molecular formula is C16H21N. The molecule has 17 heavy (non-hydrogen) atoms. The highest BCUT2D eigenvalue weighted by molar-refractivity contribution is 5.91. The van der Waals surface area contributed by atoms with Crippen LogP contribution in [0.3, 0.4) is 0 Å². The normalized spacial score (nSPS) is 10.4. The highest BCUT2D eigenvalue weighted by atomic mass is 14.9. The monoisotopic (exact) mass is 227 g/mol. The maximum Gasteiger partial charge on any atom is 0.0486 e. The number of allylic oxidation sites excluding steroid dienone is 2.